The van der Waals surface area contributed by atoms with Crippen LogP contribution >= 0.6 is 0 Å². The van der Waals surface area contributed by atoms with Gasteiger partial charge in [-0.2, -0.15) is 0 Å². The number of pyridine rings is 3. The minimum atomic E-state index is -0.278. The zero-order valence-electron chi connectivity index (χ0n) is 22.0. The average Bonchev–Trinajstić information content (AvgIpc) is 2.94. The van der Waals surface area contributed by atoms with Crippen molar-refractivity contribution < 1.29 is 14.2 Å². The molecular weight excluding hydrogens is 462 g/mol. The van der Waals surface area contributed by atoms with Gasteiger partial charge in [0.05, 0.1) is 56.7 Å². The van der Waals surface area contributed by atoms with E-state index >= 15 is 0 Å². The second-order valence-corrected chi connectivity index (χ2v) is 9.54. The highest BCUT2D eigenvalue weighted by molar-refractivity contribution is 5.03. The van der Waals surface area contributed by atoms with Gasteiger partial charge in [0.25, 0.3) is 0 Å². The lowest BCUT2D eigenvalue weighted by molar-refractivity contribution is -0.0859. The molecule has 198 valence electrons. The zero-order valence-corrected chi connectivity index (χ0v) is 22.0. The number of rotatable bonds is 20. The number of nitrogens with zero attached hydrogens (tertiary/aromatic N) is 3. The number of allylic oxidation sites excluding steroid dienone is 1. The van der Waals surface area contributed by atoms with Crippen molar-refractivity contribution in [3.8, 4) is 0 Å². The topological polar surface area (TPSA) is 66.4 Å². The molecule has 0 aliphatic rings. The number of aromatic nitrogens is 3. The Kier molecular flexibility index (Phi) is 13.6. The van der Waals surface area contributed by atoms with Gasteiger partial charge in [0.2, 0.25) is 0 Å². The third kappa shape index (κ3) is 11.8. The highest BCUT2D eigenvalue weighted by Gasteiger charge is 2.31. The molecule has 0 bridgehead atoms. The van der Waals surface area contributed by atoms with E-state index in [1.165, 1.54) is 25.7 Å². The van der Waals surface area contributed by atoms with E-state index in [1.807, 2.05) is 60.7 Å². The van der Waals surface area contributed by atoms with Crippen LogP contribution in [0.5, 0.6) is 0 Å². The van der Waals surface area contributed by atoms with E-state index in [4.69, 9.17) is 14.2 Å². The Balaban J connectivity index is 1.63. The quantitative estimate of drug-likeness (QED) is 0.126. The van der Waals surface area contributed by atoms with E-state index in [0.29, 0.717) is 39.6 Å². The maximum absolute atomic E-state index is 6.24. The molecule has 6 nitrogen and oxygen atoms in total. The maximum Gasteiger partial charge on any atom is 0.0888 e. The van der Waals surface area contributed by atoms with Crippen molar-refractivity contribution in [2.75, 3.05) is 19.8 Å². The minimum Gasteiger partial charge on any atom is -0.374 e. The first-order valence-electron chi connectivity index (χ1n) is 13.3. The summed E-state index contributed by atoms with van der Waals surface area (Å²) >= 11 is 0. The van der Waals surface area contributed by atoms with E-state index in [-0.39, 0.29) is 5.41 Å². The molecule has 0 unspecified atom stereocenters. The SMILES string of the molecule is C=CCCCCCCCC(COCc1ccccn1)(COCc1ccccn1)COCc1ccccn1. The van der Waals surface area contributed by atoms with Gasteiger partial charge >= 0.3 is 0 Å². The van der Waals surface area contributed by atoms with Gasteiger partial charge in [-0.3, -0.25) is 15.0 Å². The van der Waals surface area contributed by atoms with Crippen LogP contribution in [0.4, 0.5) is 0 Å². The Hall–Kier alpha value is -2.93. The predicted octanol–water partition coefficient (Wildman–Crippen LogP) is 6.72. The van der Waals surface area contributed by atoms with Crippen LogP contribution in [0.25, 0.3) is 0 Å². The Bertz CT molecular complexity index is 860. The average molecular weight is 504 g/mol. The van der Waals surface area contributed by atoms with Crippen LogP contribution < -0.4 is 0 Å². The molecule has 0 aliphatic carbocycles. The van der Waals surface area contributed by atoms with Crippen molar-refractivity contribution in [2.45, 2.75) is 64.8 Å². The summed E-state index contributed by atoms with van der Waals surface area (Å²) in [6, 6.07) is 17.7. The Morgan fingerprint density at radius 2 is 1.03 bits per heavy atom. The molecule has 0 amide bonds. The summed E-state index contributed by atoms with van der Waals surface area (Å²) in [7, 11) is 0. The fourth-order valence-electron chi connectivity index (χ4n) is 4.23. The van der Waals surface area contributed by atoms with Gasteiger partial charge in [-0.15, -0.1) is 6.58 Å². The molecule has 0 spiro atoms. The van der Waals surface area contributed by atoms with Gasteiger partial charge in [0, 0.05) is 24.0 Å². The van der Waals surface area contributed by atoms with Crippen LogP contribution in [0.15, 0.2) is 85.8 Å². The molecule has 0 saturated heterocycles. The number of unbranched alkanes of at least 4 members (excludes halogenated alkanes) is 5. The van der Waals surface area contributed by atoms with Gasteiger partial charge < -0.3 is 14.2 Å². The first-order valence-corrected chi connectivity index (χ1v) is 13.3. The van der Waals surface area contributed by atoms with Crippen molar-refractivity contribution in [3.63, 3.8) is 0 Å². The molecule has 3 aromatic heterocycles. The van der Waals surface area contributed by atoms with Crippen LogP contribution in [0, 0.1) is 5.41 Å². The Labute approximate surface area is 222 Å². The van der Waals surface area contributed by atoms with Gasteiger partial charge in [0.15, 0.2) is 0 Å². The summed E-state index contributed by atoms with van der Waals surface area (Å²) in [5, 5.41) is 0. The third-order valence-corrected chi connectivity index (χ3v) is 6.27. The lowest BCUT2D eigenvalue weighted by atomic mass is 9.84. The third-order valence-electron chi connectivity index (χ3n) is 6.27. The van der Waals surface area contributed by atoms with E-state index in [9.17, 15) is 0 Å². The number of hydrogen-bond donors (Lipinski definition) is 0. The standard InChI is InChI=1S/C31H41N3O3/c1-2-3-4-5-6-7-11-18-31(25-35-22-28-15-8-12-19-32-28,26-36-23-29-16-9-13-20-33-29)27-37-24-30-17-10-14-21-34-30/h2,8-10,12-17,19-21H,1,3-7,11,18,22-27H2. The van der Waals surface area contributed by atoms with Crippen LogP contribution in [-0.4, -0.2) is 34.8 Å². The van der Waals surface area contributed by atoms with Crippen molar-refractivity contribution >= 4 is 0 Å². The van der Waals surface area contributed by atoms with E-state index in [0.717, 1.165) is 36.3 Å². The normalized spacial score (nSPS) is 11.5. The smallest absolute Gasteiger partial charge is 0.0888 e. The second kappa shape index (κ2) is 17.5. The minimum absolute atomic E-state index is 0.278. The fourth-order valence-corrected chi connectivity index (χ4v) is 4.23. The Morgan fingerprint density at radius 1 is 0.595 bits per heavy atom. The lowest BCUT2D eigenvalue weighted by Gasteiger charge is -2.33. The lowest BCUT2D eigenvalue weighted by Crippen LogP contribution is -2.37. The van der Waals surface area contributed by atoms with E-state index in [1.54, 1.807) is 18.6 Å². The summed E-state index contributed by atoms with van der Waals surface area (Å²) in [6.45, 7) is 6.81. The van der Waals surface area contributed by atoms with E-state index < -0.39 is 0 Å². The summed E-state index contributed by atoms with van der Waals surface area (Å²) in [5.41, 5.74) is 2.48. The van der Waals surface area contributed by atoms with Crippen LogP contribution in [0.3, 0.4) is 0 Å². The highest BCUT2D eigenvalue weighted by Crippen LogP contribution is 2.29. The van der Waals surface area contributed by atoms with Crippen LogP contribution in [0.2, 0.25) is 0 Å². The molecule has 3 heterocycles. The monoisotopic (exact) mass is 503 g/mol. The van der Waals surface area contributed by atoms with Crippen molar-refractivity contribution in [1.82, 2.24) is 15.0 Å². The summed E-state index contributed by atoms with van der Waals surface area (Å²) < 4.78 is 18.7. The molecule has 0 saturated carbocycles. The van der Waals surface area contributed by atoms with Crippen LogP contribution in [-0.2, 0) is 34.0 Å². The summed E-state index contributed by atoms with van der Waals surface area (Å²) in [6.07, 6.45) is 15.4. The fraction of sp³-hybridized carbons (Fsp3) is 0.452. The van der Waals surface area contributed by atoms with E-state index in [2.05, 4.69) is 21.5 Å². The molecule has 0 aliphatic heterocycles. The molecule has 0 atom stereocenters. The summed E-state index contributed by atoms with van der Waals surface area (Å²) in [4.78, 5) is 13.2. The molecular formula is C31H41N3O3. The number of ether oxygens (including phenoxy) is 3. The van der Waals surface area contributed by atoms with Gasteiger partial charge in [-0.25, -0.2) is 0 Å². The number of hydrogen-bond acceptors (Lipinski definition) is 6. The van der Waals surface area contributed by atoms with Crippen molar-refractivity contribution in [2.24, 2.45) is 5.41 Å². The largest absolute Gasteiger partial charge is 0.374 e. The first kappa shape index (κ1) is 28.6. The molecule has 0 N–H and O–H groups in total. The second-order valence-electron chi connectivity index (χ2n) is 9.54. The first-order chi connectivity index (χ1) is 18.3. The zero-order chi connectivity index (χ0) is 25.9. The van der Waals surface area contributed by atoms with Crippen molar-refractivity contribution in [3.05, 3.63) is 103 Å². The predicted molar refractivity (Wildman–Crippen MR) is 147 cm³/mol. The maximum atomic E-state index is 6.24. The Morgan fingerprint density at radius 3 is 1.43 bits per heavy atom. The van der Waals surface area contributed by atoms with Crippen LogP contribution in [0.1, 0.15) is 62.0 Å². The molecule has 6 heteroatoms. The summed E-state index contributed by atoms with van der Waals surface area (Å²) in [5.74, 6) is 0. The van der Waals surface area contributed by atoms with Crippen molar-refractivity contribution in [1.29, 1.82) is 0 Å². The molecule has 37 heavy (non-hydrogen) atoms. The molecule has 0 fully saturated rings. The van der Waals surface area contributed by atoms with Gasteiger partial charge in [-0.1, -0.05) is 50.0 Å². The highest BCUT2D eigenvalue weighted by atomic mass is 16.5. The molecule has 0 aromatic carbocycles. The van der Waals surface area contributed by atoms with Gasteiger partial charge in [0.1, 0.15) is 0 Å². The molecule has 3 aromatic rings. The molecule has 0 radical (unpaired) electrons. The van der Waals surface area contributed by atoms with Gasteiger partial charge in [-0.05, 0) is 55.7 Å². The molecule has 3 rings (SSSR count).